The van der Waals surface area contributed by atoms with Crippen LogP contribution in [0.1, 0.15) is 12.8 Å². The lowest BCUT2D eigenvalue weighted by Gasteiger charge is -2.24. The molecule has 98 valence electrons. The minimum absolute atomic E-state index is 0.496. The summed E-state index contributed by atoms with van der Waals surface area (Å²) >= 11 is 3.40. The van der Waals surface area contributed by atoms with E-state index in [-0.39, 0.29) is 0 Å². The molecular weight excluding hydrogens is 297 g/mol. The van der Waals surface area contributed by atoms with Gasteiger partial charge in [-0.1, -0.05) is 0 Å². The molecule has 0 amide bonds. The maximum atomic E-state index is 13.2. The average molecular weight is 314 g/mol. The first-order valence-electron chi connectivity index (χ1n) is 6.47. The van der Waals surface area contributed by atoms with Crippen molar-refractivity contribution in [2.45, 2.75) is 25.1 Å². The summed E-state index contributed by atoms with van der Waals surface area (Å²) in [6.45, 7) is 3.52. The number of likely N-dealkylation sites (tertiary alicyclic amines) is 1. The van der Waals surface area contributed by atoms with Crippen LogP contribution in [0.2, 0.25) is 0 Å². The highest BCUT2D eigenvalue weighted by Gasteiger charge is 2.33. The standard InChI is InChI=1S/C13H17BrFN3/c14-10-1-2-13(16-7-10)18-6-4-12(9-18)17-5-3-11(15)8-17/h1-2,7,11-12H,3-6,8-9H2/t11-,12+/m1/s1. The van der Waals surface area contributed by atoms with Crippen LogP contribution in [0.25, 0.3) is 0 Å². The summed E-state index contributed by atoms with van der Waals surface area (Å²) in [4.78, 5) is 9.01. The molecule has 3 heterocycles. The summed E-state index contributed by atoms with van der Waals surface area (Å²) in [7, 11) is 0. The lowest BCUT2D eigenvalue weighted by Crippen LogP contribution is -2.36. The lowest BCUT2D eigenvalue weighted by molar-refractivity contribution is 0.234. The summed E-state index contributed by atoms with van der Waals surface area (Å²) in [6.07, 6.45) is 3.03. The van der Waals surface area contributed by atoms with Gasteiger partial charge in [-0.25, -0.2) is 9.37 Å². The van der Waals surface area contributed by atoms with Gasteiger partial charge in [-0.2, -0.15) is 0 Å². The molecule has 2 fully saturated rings. The third-order valence-corrected chi connectivity index (χ3v) is 4.35. The SMILES string of the molecule is F[C@@H]1CCN([C@H]2CCN(c3ccc(Br)cn3)C2)C1. The van der Waals surface area contributed by atoms with E-state index < -0.39 is 6.17 Å². The molecule has 2 saturated heterocycles. The second kappa shape index (κ2) is 5.13. The zero-order valence-electron chi connectivity index (χ0n) is 10.2. The van der Waals surface area contributed by atoms with Crippen molar-refractivity contribution in [3.63, 3.8) is 0 Å². The maximum Gasteiger partial charge on any atom is 0.128 e. The Balaban J connectivity index is 1.63. The van der Waals surface area contributed by atoms with Gasteiger partial charge in [0.2, 0.25) is 0 Å². The molecule has 2 aliphatic heterocycles. The van der Waals surface area contributed by atoms with Gasteiger partial charge >= 0.3 is 0 Å². The van der Waals surface area contributed by atoms with E-state index >= 15 is 0 Å². The molecular formula is C13H17BrFN3. The molecule has 0 unspecified atom stereocenters. The van der Waals surface area contributed by atoms with Crippen LogP contribution in [0, 0.1) is 0 Å². The van der Waals surface area contributed by atoms with Crippen molar-refractivity contribution in [3.8, 4) is 0 Å². The number of nitrogens with zero attached hydrogens (tertiary/aromatic N) is 3. The van der Waals surface area contributed by atoms with E-state index in [2.05, 4.69) is 30.7 Å². The summed E-state index contributed by atoms with van der Waals surface area (Å²) in [5.41, 5.74) is 0. The van der Waals surface area contributed by atoms with Crippen molar-refractivity contribution < 1.29 is 4.39 Å². The topological polar surface area (TPSA) is 19.4 Å². The Morgan fingerprint density at radius 2 is 2.11 bits per heavy atom. The number of halogens is 2. The minimum atomic E-state index is -0.621. The largest absolute Gasteiger partial charge is 0.355 e. The van der Waals surface area contributed by atoms with Gasteiger partial charge in [-0.15, -0.1) is 0 Å². The predicted molar refractivity (Wildman–Crippen MR) is 73.6 cm³/mol. The summed E-state index contributed by atoms with van der Waals surface area (Å²) in [5, 5.41) is 0. The molecule has 0 aromatic carbocycles. The Morgan fingerprint density at radius 3 is 2.78 bits per heavy atom. The molecule has 1 aromatic heterocycles. The second-order valence-electron chi connectivity index (χ2n) is 5.10. The molecule has 18 heavy (non-hydrogen) atoms. The van der Waals surface area contributed by atoms with Crippen LogP contribution in [0.3, 0.4) is 0 Å². The summed E-state index contributed by atoms with van der Waals surface area (Å²) in [5.74, 6) is 1.02. The maximum absolute atomic E-state index is 13.2. The fourth-order valence-corrected chi connectivity index (χ4v) is 3.11. The van der Waals surface area contributed by atoms with Crippen LogP contribution >= 0.6 is 15.9 Å². The van der Waals surface area contributed by atoms with E-state index in [1.807, 2.05) is 18.3 Å². The first-order valence-corrected chi connectivity index (χ1v) is 7.26. The number of aromatic nitrogens is 1. The molecule has 5 heteroatoms. The van der Waals surface area contributed by atoms with Crippen LogP contribution in [0.5, 0.6) is 0 Å². The van der Waals surface area contributed by atoms with Crippen molar-refractivity contribution in [2.75, 3.05) is 31.1 Å². The average Bonchev–Trinajstić information content (AvgIpc) is 2.98. The van der Waals surface area contributed by atoms with Gasteiger partial charge in [0.05, 0.1) is 0 Å². The van der Waals surface area contributed by atoms with Crippen LogP contribution in [0.15, 0.2) is 22.8 Å². The Bertz CT molecular complexity index is 411. The Kier molecular flexibility index (Phi) is 3.52. The van der Waals surface area contributed by atoms with E-state index in [0.717, 1.165) is 36.3 Å². The molecule has 0 spiro atoms. The number of hydrogen-bond acceptors (Lipinski definition) is 3. The number of hydrogen-bond donors (Lipinski definition) is 0. The van der Waals surface area contributed by atoms with Gasteiger partial charge in [0.1, 0.15) is 12.0 Å². The fourth-order valence-electron chi connectivity index (χ4n) is 2.88. The smallest absolute Gasteiger partial charge is 0.128 e. The van der Waals surface area contributed by atoms with E-state index in [4.69, 9.17) is 0 Å². The molecule has 3 rings (SSSR count). The van der Waals surface area contributed by atoms with Crippen molar-refractivity contribution in [1.82, 2.24) is 9.88 Å². The molecule has 2 aliphatic rings. The Labute approximate surface area is 115 Å². The van der Waals surface area contributed by atoms with Gasteiger partial charge in [0.25, 0.3) is 0 Å². The normalized spacial score (nSPS) is 29.1. The molecule has 0 bridgehead atoms. The van der Waals surface area contributed by atoms with Gasteiger partial charge < -0.3 is 4.90 Å². The number of alkyl halides is 1. The third kappa shape index (κ3) is 2.52. The third-order valence-electron chi connectivity index (χ3n) is 3.88. The molecule has 0 N–H and O–H groups in total. The predicted octanol–water partition coefficient (Wildman–Crippen LogP) is 2.47. The molecule has 0 radical (unpaired) electrons. The molecule has 2 atom stereocenters. The quantitative estimate of drug-likeness (QED) is 0.836. The Morgan fingerprint density at radius 1 is 1.22 bits per heavy atom. The van der Waals surface area contributed by atoms with Gasteiger partial charge in [-0.3, -0.25) is 4.90 Å². The van der Waals surface area contributed by atoms with Crippen LogP contribution < -0.4 is 4.90 Å². The van der Waals surface area contributed by atoms with Gasteiger partial charge in [-0.05, 0) is 40.9 Å². The first-order chi connectivity index (χ1) is 8.72. The van der Waals surface area contributed by atoms with E-state index in [0.29, 0.717) is 19.0 Å². The monoisotopic (exact) mass is 313 g/mol. The van der Waals surface area contributed by atoms with Gasteiger partial charge in [0.15, 0.2) is 0 Å². The highest BCUT2D eigenvalue weighted by Crippen LogP contribution is 2.25. The minimum Gasteiger partial charge on any atom is -0.355 e. The van der Waals surface area contributed by atoms with Crippen LogP contribution in [-0.2, 0) is 0 Å². The number of rotatable bonds is 2. The highest BCUT2D eigenvalue weighted by molar-refractivity contribution is 9.10. The van der Waals surface area contributed by atoms with E-state index in [1.54, 1.807) is 0 Å². The molecule has 1 aromatic rings. The number of pyridine rings is 1. The zero-order chi connectivity index (χ0) is 12.5. The van der Waals surface area contributed by atoms with Crippen molar-refractivity contribution >= 4 is 21.7 Å². The van der Waals surface area contributed by atoms with Crippen molar-refractivity contribution in [1.29, 1.82) is 0 Å². The van der Waals surface area contributed by atoms with Crippen LogP contribution in [-0.4, -0.2) is 48.3 Å². The Hall–Kier alpha value is -0.680. The fraction of sp³-hybridized carbons (Fsp3) is 0.615. The zero-order valence-corrected chi connectivity index (χ0v) is 11.8. The molecule has 0 saturated carbocycles. The molecule has 0 aliphatic carbocycles. The van der Waals surface area contributed by atoms with E-state index in [9.17, 15) is 4.39 Å². The van der Waals surface area contributed by atoms with Gasteiger partial charge in [0, 0.05) is 42.9 Å². The number of anilines is 1. The summed E-state index contributed by atoms with van der Waals surface area (Å²) < 4.78 is 14.2. The van der Waals surface area contributed by atoms with E-state index in [1.165, 1.54) is 0 Å². The van der Waals surface area contributed by atoms with Crippen LogP contribution in [0.4, 0.5) is 10.2 Å². The lowest BCUT2D eigenvalue weighted by atomic mass is 10.2. The molecule has 3 nitrogen and oxygen atoms in total. The summed E-state index contributed by atoms with van der Waals surface area (Å²) in [6, 6.07) is 4.55. The highest BCUT2D eigenvalue weighted by atomic mass is 79.9. The second-order valence-corrected chi connectivity index (χ2v) is 6.02. The van der Waals surface area contributed by atoms with Crippen molar-refractivity contribution in [2.24, 2.45) is 0 Å². The van der Waals surface area contributed by atoms with Crippen molar-refractivity contribution in [3.05, 3.63) is 22.8 Å². The first kappa shape index (κ1) is 12.4.